The summed E-state index contributed by atoms with van der Waals surface area (Å²) in [5.41, 5.74) is 5.54. The quantitative estimate of drug-likeness (QED) is 0.636. The topological polar surface area (TPSA) is 47.6 Å². The van der Waals surface area contributed by atoms with Gasteiger partial charge in [-0.3, -0.25) is 0 Å². The zero-order valence-electron chi connectivity index (χ0n) is 6.36. The van der Waals surface area contributed by atoms with Crippen LogP contribution in [0.4, 0.5) is 0 Å². The summed E-state index contributed by atoms with van der Waals surface area (Å²) in [6, 6.07) is 0. The lowest BCUT2D eigenvalue weighted by Gasteiger charge is -2.15. The third-order valence-electron chi connectivity index (χ3n) is 1.84. The molecule has 0 radical (unpaired) electrons. The fourth-order valence-electron chi connectivity index (χ4n) is 1.11. The molecule has 0 saturated heterocycles. The molecule has 1 unspecified atom stereocenters. The van der Waals surface area contributed by atoms with Crippen molar-refractivity contribution >= 4 is 5.84 Å². The number of ether oxygens (including phenoxy) is 1. The summed E-state index contributed by atoms with van der Waals surface area (Å²) in [5, 5.41) is 0. The van der Waals surface area contributed by atoms with Crippen LogP contribution in [0.1, 0.15) is 19.3 Å². The van der Waals surface area contributed by atoms with Gasteiger partial charge in [0.1, 0.15) is 5.84 Å². The fourth-order valence-corrected chi connectivity index (χ4v) is 1.11. The summed E-state index contributed by atoms with van der Waals surface area (Å²) in [6.07, 6.45) is 7.55. The van der Waals surface area contributed by atoms with E-state index in [-0.39, 0.29) is 6.10 Å². The molecule has 11 heavy (non-hydrogen) atoms. The van der Waals surface area contributed by atoms with E-state index in [1.54, 1.807) is 6.20 Å². The van der Waals surface area contributed by atoms with Gasteiger partial charge in [0.05, 0.1) is 12.2 Å². The third-order valence-corrected chi connectivity index (χ3v) is 1.84. The first kappa shape index (κ1) is 6.85. The van der Waals surface area contributed by atoms with Crippen molar-refractivity contribution in [1.29, 1.82) is 0 Å². The molecule has 0 spiro atoms. The van der Waals surface area contributed by atoms with E-state index in [0.717, 1.165) is 6.42 Å². The van der Waals surface area contributed by atoms with E-state index < -0.39 is 0 Å². The maximum atomic E-state index is 5.62. The minimum atomic E-state index is 0.181. The summed E-state index contributed by atoms with van der Waals surface area (Å²) in [6.45, 7) is 0. The first-order chi connectivity index (χ1) is 5.34. The molecule has 1 aliphatic carbocycles. The maximum absolute atomic E-state index is 5.62. The van der Waals surface area contributed by atoms with Crippen LogP contribution in [-0.2, 0) is 4.74 Å². The van der Waals surface area contributed by atoms with Gasteiger partial charge in [-0.2, -0.15) is 0 Å². The van der Waals surface area contributed by atoms with Crippen LogP contribution in [-0.4, -0.2) is 18.0 Å². The van der Waals surface area contributed by atoms with Crippen LogP contribution < -0.4 is 5.73 Å². The highest BCUT2D eigenvalue weighted by atomic mass is 16.5. The number of hydrogen-bond donors (Lipinski definition) is 1. The van der Waals surface area contributed by atoms with Crippen molar-refractivity contribution in [3.63, 3.8) is 0 Å². The molecule has 2 N–H and O–H groups in total. The Morgan fingerprint density at radius 2 is 2.36 bits per heavy atom. The highest BCUT2D eigenvalue weighted by Crippen LogP contribution is 2.26. The van der Waals surface area contributed by atoms with Crippen LogP contribution in [0.2, 0.25) is 0 Å². The highest BCUT2D eigenvalue weighted by Gasteiger charge is 2.26. The lowest BCUT2D eigenvalue weighted by molar-refractivity contribution is 0.0748. The lowest BCUT2D eigenvalue weighted by atomic mass is 10.2. The molecule has 3 nitrogen and oxygen atoms in total. The molecule has 1 atom stereocenters. The molecule has 0 aromatic carbocycles. The van der Waals surface area contributed by atoms with Gasteiger partial charge in [-0.05, 0) is 18.9 Å². The molecule has 60 valence electrons. The van der Waals surface area contributed by atoms with Gasteiger partial charge in [0, 0.05) is 12.6 Å². The van der Waals surface area contributed by atoms with Crippen LogP contribution in [0.25, 0.3) is 0 Å². The second kappa shape index (κ2) is 2.66. The van der Waals surface area contributed by atoms with Crippen molar-refractivity contribution in [2.24, 2.45) is 10.7 Å². The van der Waals surface area contributed by atoms with Crippen molar-refractivity contribution in [3.05, 3.63) is 12.3 Å². The lowest BCUT2D eigenvalue weighted by Crippen LogP contribution is -2.24. The second-order valence-electron chi connectivity index (χ2n) is 3.04. The molecule has 0 bridgehead atoms. The number of nitrogens with zero attached hydrogens (tertiary/aromatic N) is 1. The summed E-state index contributed by atoms with van der Waals surface area (Å²) < 4.78 is 5.62. The molecular weight excluding hydrogens is 140 g/mol. The predicted molar refractivity (Wildman–Crippen MR) is 43.3 cm³/mol. The van der Waals surface area contributed by atoms with Crippen LogP contribution in [0, 0.1) is 0 Å². The highest BCUT2D eigenvalue weighted by molar-refractivity contribution is 5.82. The molecule has 1 saturated carbocycles. The molecular formula is C8H12N2O. The molecule has 1 fully saturated rings. The Labute approximate surface area is 65.9 Å². The molecule has 1 aliphatic heterocycles. The first-order valence-electron chi connectivity index (χ1n) is 3.99. The molecule has 0 amide bonds. The zero-order chi connectivity index (χ0) is 7.68. The first-order valence-corrected chi connectivity index (χ1v) is 3.99. The minimum Gasteiger partial charge on any atom is -0.387 e. The van der Waals surface area contributed by atoms with Crippen LogP contribution in [0.5, 0.6) is 0 Å². The van der Waals surface area contributed by atoms with Crippen LogP contribution in [0.15, 0.2) is 17.3 Å². The average Bonchev–Trinajstić information content (AvgIpc) is 2.71. The Morgan fingerprint density at radius 3 is 3.00 bits per heavy atom. The van der Waals surface area contributed by atoms with E-state index in [1.807, 2.05) is 6.08 Å². The van der Waals surface area contributed by atoms with Crippen molar-refractivity contribution < 1.29 is 4.74 Å². The Hall–Kier alpha value is -0.830. The van der Waals surface area contributed by atoms with E-state index in [9.17, 15) is 0 Å². The molecule has 2 rings (SSSR count). The summed E-state index contributed by atoms with van der Waals surface area (Å²) >= 11 is 0. The van der Waals surface area contributed by atoms with Gasteiger partial charge in [0.25, 0.3) is 0 Å². The molecule has 1 heterocycles. The normalized spacial score (nSPS) is 30.2. The minimum absolute atomic E-state index is 0.181. The number of amidine groups is 1. The Kier molecular flexibility index (Phi) is 1.66. The van der Waals surface area contributed by atoms with Gasteiger partial charge in [0.2, 0.25) is 0 Å². The molecule has 3 heteroatoms. The van der Waals surface area contributed by atoms with Gasteiger partial charge in [-0.1, -0.05) is 0 Å². The summed E-state index contributed by atoms with van der Waals surface area (Å²) in [4.78, 5) is 3.94. The van der Waals surface area contributed by atoms with E-state index in [4.69, 9.17) is 10.5 Å². The maximum Gasteiger partial charge on any atom is 0.102 e. The molecule has 0 aromatic heterocycles. The van der Waals surface area contributed by atoms with Gasteiger partial charge in [-0.25, -0.2) is 4.99 Å². The third kappa shape index (κ3) is 1.80. The standard InChI is InChI=1S/C8H12N2O/c9-8-5-7(3-4-10-8)11-6-1-2-6/h3-4,6-7H,1-2,5H2,(H2,9,10). The van der Waals surface area contributed by atoms with Crippen molar-refractivity contribution in [2.75, 3.05) is 0 Å². The summed E-state index contributed by atoms with van der Waals surface area (Å²) in [5.74, 6) is 0.679. The number of nitrogens with two attached hydrogens (primary N) is 1. The Balaban J connectivity index is 1.86. The van der Waals surface area contributed by atoms with E-state index in [0.29, 0.717) is 11.9 Å². The molecule has 0 aromatic rings. The van der Waals surface area contributed by atoms with Crippen molar-refractivity contribution in [1.82, 2.24) is 0 Å². The van der Waals surface area contributed by atoms with Crippen molar-refractivity contribution in [2.45, 2.75) is 31.5 Å². The Morgan fingerprint density at radius 1 is 1.55 bits per heavy atom. The number of rotatable bonds is 2. The van der Waals surface area contributed by atoms with Gasteiger partial charge in [-0.15, -0.1) is 0 Å². The van der Waals surface area contributed by atoms with E-state index in [1.165, 1.54) is 12.8 Å². The van der Waals surface area contributed by atoms with Crippen molar-refractivity contribution in [3.8, 4) is 0 Å². The van der Waals surface area contributed by atoms with E-state index >= 15 is 0 Å². The number of aliphatic imine (C=N–C) groups is 1. The SMILES string of the molecule is NC1=NC=CC(OC2CC2)C1. The van der Waals surface area contributed by atoms with Gasteiger partial charge < -0.3 is 10.5 Å². The smallest absolute Gasteiger partial charge is 0.102 e. The molecule has 2 aliphatic rings. The second-order valence-corrected chi connectivity index (χ2v) is 3.04. The average molecular weight is 152 g/mol. The fraction of sp³-hybridized carbons (Fsp3) is 0.625. The number of hydrogen-bond acceptors (Lipinski definition) is 3. The van der Waals surface area contributed by atoms with Gasteiger partial charge in [0.15, 0.2) is 0 Å². The van der Waals surface area contributed by atoms with E-state index in [2.05, 4.69) is 4.99 Å². The monoisotopic (exact) mass is 152 g/mol. The predicted octanol–water partition coefficient (Wildman–Crippen LogP) is 0.809. The zero-order valence-corrected chi connectivity index (χ0v) is 6.36. The Bertz CT molecular complexity index is 206. The van der Waals surface area contributed by atoms with Gasteiger partial charge >= 0.3 is 0 Å². The summed E-state index contributed by atoms with van der Waals surface area (Å²) in [7, 11) is 0. The van der Waals surface area contributed by atoms with Crippen LogP contribution in [0.3, 0.4) is 0 Å². The largest absolute Gasteiger partial charge is 0.387 e. The van der Waals surface area contributed by atoms with Crippen LogP contribution >= 0.6 is 0 Å².